The average molecular weight is 446 g/mol. The van der Waals surface area contributed by atoms with E-state index in [-0.39, 0.29) is 11.3 Å². The number of hydrogen-bond donors (Lipinski definition) is 0. The fourth-order valence-electron chi connectivity index (χ4n) is 3.83. The van der Waals surface area contributed by atoms with Gasteiger partial charge in [-0.05, 0) is 31.5 Å². The third kappa shape index (κ3) is 4.41. The van der Waals surface area contributed by atoms with Crippen molar-refractivity contribution in [1.29, 1.82) is 0 Å². The first-order valence-corrected chi connectivity index (χ1v) is 11.6. The van der Waals surface area contributed by atoms with Gasteiger partial charge in [-0.1, -0.05) is 32.4 Å². The third-order valence-corrected chi connectivity index (χ3v) is 7.10. The molecule has 7 heteroatoms. The number of thiazole rings is 1. The van der Waals surface area contributed by atoms with E-state index in [0.717, 1.165) is 49.2 Å². The van der Waals surface area contributed by atoms with E-state index in [0.29, 0.717) is 22.9 Å². The van der Waals surface area contributed by atoms with Crippen molar-refractivity contribution in [3.8, 4) is 0 Å². The molecule has 0 N–H and O–H groups in total. The molecule has 1 aliphatic rings. The Morgan fingerprint density at radius 1 is 1.23 bits per heavy atom. The van der Waals surface area contributed by atoms with Gasteiger partial charge in [-0.3, -0.25) is 9.69 Å². The summed E-state index contributed by atoms with van der Waals surface area (Å²) >= 11 is 7.85. The molecule has 1 saturated heterocycles. The van der Waals surface area contributed by atoms with E-state index in [9.17, 15) is 4.79 Å². The Morgan fingerprint density at radius 3 is 2.77 bits per heavy atom. The van der Waals surface area contributed by atoms with Gasteiger partial charge in [0.05, 0.1) is 10.7 Å². The van der Waals surface area contributed by atoms with Crippen LogP contribution in [0.1, 0.15) is 54.0 Å². The van der Waals surface area contributed by atoms with Crippen LogP contribution in [-0.4, -0.2) is 46.9 Å². The fourth-order valence-corrected chi connectivity index (χ4v) is 4.90. The second-order valence-electron chi connectivity index (χ2n) is 9.01. The lowest BCUT2D eigenvalue weighted by Crippen LogP contribution is -2.35. The molecule has 30 heavy (non-hydrogen) atoms. The molecule has 1 aliphatic heterocycles. The van der Waals surface area contributed by atoms with E-state index in [2.05, 4.69) is 31.1 Å². The smallest absolute Gasteiger partial charge is 0.289 e. The number of rotatable bonds is 3. The molecule has 0 radical (unpaired) electrons. The van der Waals surface area contributed by atoms with Crippen LogP contribution in [0.15, 0.2) is 28.0 Å². The summed E-state index contributed by atoms with van der Waals surface area (Å²) in [7, 11) is 0. The SMILES string of the molecule is Cc1c(C(=O)N2CCCN(Cc3csc(C(C)(C)C)n3)CC2)oc2ccc(Cl)cc12. The number of fused-ring (bicyclic) bond motifs is 1. The van der Waals surface area contributed by atoms with Crippen molar-refractivity contribution in [2.45, 2.75) is 46.1 Å². The maximum absolute atomic E-state index is 13.2. The molecule has 0 saturated carbocycles. The largest absolute Gasteiger partial charge is 0.451 e. The Morgan fingerprint density at radius 2 is 2.03 bits per heavy atom. The Kier molecular flexibility index (Phi) is 5.93. The van der Waals surface area contributed by atoms with Crippen LogP contribution in [0.4, 0.5) is 0 Å². The normalized spacial score (nSPS) is 16.2. The quantitative estimate of drug-likeness (QED) is 0.534. The van der Waals surface area contributed by atoms with E-state index >= 15 is 0 Å². The van der Waals surface area contributed by atoms with Crippen LogP contribution in [0.5, 0.6) is 0 Å². The molecular weight excluding hydrogens is 418 g/mol. The van der Waals surface area contributed by atoms with Crippen molar-refractivity contribution in [3.63, 3.8) is 0 Å². The van der Waals surface area contributed by atoms with Gasteiger partial charge in [0.25, 0.3) is 5.91 Å². The minimum absolute atomic E-state index is 0.0367. The first kappa shape index (κ1) is 21.3. The van der Waals surface area contributed by atoms with Gasteiger partial charge in [0.1, 0.15) is 5.58 Å². The van der Waals surface area contributed by atoms with Crippen molar-refractivity contribution in [2.75, 3.05) is 26.2 Å². The molecule has 3 heterocycles. The Bertz CT molecular complexity index is 1070. The van der Waals surface area contributed by atoms with E-state index < -0.39 is 0 Å². The van der Waals surface area contributed by atoms with Crippen LogP contribution in [-0.2, 0) is 12.0 Å². The van der Waals surface area contributed by atoms with E-state index in [1.54, 1.807) is 17.4 Å². The highest BCUT2D eigenvalue weighted by Gasteiger charge is 2.26. The van der Waals surface area contributed by atoms with Gasteiger partial charge in [0.2, 0.25) is 0 Å². The number of furan rings is 1. The van der Waals surface area contributed by atoms with Crippen LogP contribution in [0.25, 0.3) is 11.0 Å². The molecule has 0 aliphatic carbocycles. The summed E-state index contributed by atoms with van der Waals surface area (Å²) in [6.45, 7) is 12.5. The van der Waals surface area contributed by atoms with E-state index in [4.69, 9.17) is 21.0 Å². The molecule has 160 valence electrons. The standard InChI is InChI=1S/C23H28ClN3O2S/c1-15-18-12-16(24)6-7-19(18)29-20(15)21(28)27-9-5-8-26(10-11-27)13-17-14-30-22(25-17)23(2,3)4/h6-7,12,14H,5,8-11,13H2,1-4H3. The second-order valence-corrected chi connectivity index (χ2v) is 10.3. The van der Waals surface area contributed by atoms with E-state index in [1.807, 2.05) is 24.0 Å². The van der Waals surface area contributed by atoms with Crippen molar-refractivity contribution >= 4 is 39.8 Å². The molecule has 0 unspecified atom stereocenters. The zero-order valence-electron chi connectivity index (χ0n) is 18.0. The Labute approximate surface area is 186 Å². The maximum atomic E-state index is 13.2. The number of nitrogens with zero attached hydrogens (tertiary/aromatic N) is 3. The molecule has 5 nitrogen and oxygen atoms in total. The number of aromatic nitrogens is 1. The number of carbonyl (C=O) groups excluding carboxylic acids is 1. The van der Waals surface area contributed by atoms with Gasteiger partial charge < -0.3 is 9.32 Å². The van der Waals surface area contributed by atoms with E-state index in [1.165, 1.54) is 5.01 Å². The third-order valence-electron chi connectivity index (χ3n) is 5.55. The number of hydrogen-bond acceptors (Lipinski definition) is 5. The van der Waals surface area contributed by atoms with Gasteiger partial charge in [-0.25, -0.2) is 4.98 Å². The topological polar surface area (TPSA) is 49.6 Å². The van der Waals surface area contributed by atoms with Gasteiger partial charge in [0, 0.05) is 59.5 Å². The fraction of sp³-hybridized carbons (Fsp3) is 0.478. The van der Waals surface area contributed by atoms with Crippen molar-refractivity contribution in [2.24, 2.45) is 0 Å². The molecule has 0 spiro atoms. The molecule has 1 amide bonds. The summed E-state index contributed by atoms with van der Waals surface area (Å²) in [6, 6.07) is 5.47. The van der Waals surface area contributed by atoms with Crippen molar-refractivity contribution in [1.82, 2.24) is 14.8 Å². The van der Waals surface area contributed by atoms with Crippen molar-refractivity contribution in [3.05, 3.63) is 50.6 Å². The number of benzene rings is 1. The molecule has 1 fully saturated rings. The van der Waals surface area contributed by atoms with Crippen molar-refractivity contribution < 1.29 is 9.21 Å². The molecule has 0 bridgehead atoms. The van der Waals surface area contributed by atoms with Crippen LogP contribution in [0, 0.1) is 6.92 Å². The van der Waals surface area contributed by atoms with Crippen LogP contribution in [0.3, 0.4) is 0 Å². The molecule has 2 aromatic heterocycles. The average Bonchev–Trinajstić information content (AvgIpc) is 3.20. The molecule has 4 rings (SSSR count). The monoisotopic (exact) mass is 445 g/mol. The second kappa shape index (κ2) is 8.33. The Balaban J connectivity index is 1.43. The van der Waals surface area contributed by atoms with Gasteiger partial charge in [-0.15, -0.1) is 11.3 Å². The molecular formula is C23H28ClN3O2S. The molecule has 3 aromatic rings. The summed E-state index contributed by atoms with van der Waals surface area (Å²) in [4.78, 5) is 22.3. The zero-order valence-corrected chi connectivity index (χ0v) is 19.6. The predicted molar refractivity (Wildman–Crippen MR) is 123 cm³/mol. The minimum atomic E-state index is -0.0367. The highest BCUT2D eigenvalue weighted by Crippen LogP contribution is 2.29. The minimum Gasteiger partial charge on any atom is -0.451 e. The van der Waals surface area contributed by atoms with Crippen LogP contribution in [0.2, 0.25) is 5.02 Å². The zero-order chi connectivity index (χ0) is 21.5. The van der Waals surface area contributed by atoms with Gasteiger partial charge >= 0.3 is 0 Å². The maximum Gasteiger partial charge on any atom is 0.289 e. The first-order valence-electron chi connectivity index (χ1n) is 10.4. The number of halogens is 1. The lowest BCUT2D eigenvalue weighted by molar-refractivity contribution is 0.0730. The lowest BCUT2D eigenvalue weighted by Gasteiger charge is -2.21. The lowest BCUT2D eigenvalue weighted by atomic mass is 9.98. The summed E-state index contributed by atoms with van der Waals surface area (Å²) in [5.41, 5.74) is 2.76. The highest BCUT2D eigenvalue weighted by atomic mass is 35.5. The summed E-state index contributed by atoms with van der Waals surface area (Å²) in [5, 5.41) is 4.88. The number of amides is 1. The first-order chi connectivity index (χ1) is 14.2. The summed E-state index contributed by atoms with van der Waals surface area (Å²) in [5.74, 6) is 0.389. The number of aryl methyl sites for hydroxylation is 1. The van der Waals surface area contributed by atoms with Crippen LogP contribution < -0.4 is 0 Å². The Hall–Kier alpha value is -1.89. The van der Waals surface area contributed by atoms with Gasteiger partial charge in [-0.2, -0.15) is 0 Å². The summed E-state index contributed by atoms with van der Waals surface area (Å²) < 4.78 is 5.89. The van der Waals surface area contributed by atoms with Crippen LogP contribution >= 0.6 is 22.9 Å². The summed E-state index contributed by atoms with van der Waals surface area (Å²) in [6.07, 6.45) is 0.938. The molecule has 1 aromatic carbocycles. The predicted octanol–water partition coefficient (Wildman–Crippen LogP) is 5.50. The highest BCUT2D eigenvalue weighted by molar-refractivity contribution is 7.09. The van der Waals surface area contributed by atoms with Gasteiger partial charge in [0.15, 0.2) is 5.76 Å². The number of carbonyl (C=O) groups is 1. The molecule has 0 atom stereocenters.